The van der Waals surface area contributed by atoms with Crippen LogP contribution in [0.25, 0.3) is 0 Å². The van der Waals surface area contributed by atoms with Gasteiger partial charge in [0.2, 0.25) is 0 Å². The highest BCUT2D eigenvalue weighted by Gasteiger charge is 2.06. The summed E-state index contributed by atoms with van der Waals surface area (Å²) in [6, 6.07) is 18.3. The van der Waals surface area contributed by atoms with Crippen LogP contribution in [-0.2, 0) is 6.42 Å². The fraction of sp³-hybridized carbons (Fsp3) is 0.250. The fourth-order valence-electron chi connectivity index (χ4n) is 1.90. The van der Waals surface area contributed by atoms with Gasteiger partial charge in [0.25, 0.3) is 0 Å². The Morgan fingerprint density at radius 3 is 2.24 bits per heavy atom. The first-order valence-electron chi connectivity index (χ1n) is 6.04. The van der Waals surface area contributed by atoms with Gasteiger partial charge in [-0.25, -0.2) is 0 Å². The van der Waals surface area contributed by atoms with E-state index in [1.807, 2.05) is 30.3 Å². The summed E-state index contributed by atoms with van der Waals surface area (Å²) in [5, 5.41) is 10.0. The SMILES string of the molecule is Cc1ccc(CCC(O)c2ccccc2)cc1. The third-order valence-corrected chi connectivity index (χ3v) is 3.01. The molecule has 1 heteroatoms. The molecular formula is C16H18O. The normalized spacial score (nSPS) is 12.4. The quantitative estimate of drug-likeness (QED) is 0.843. The summed E-state index contributed by atoms with van der Waals surface area (Å²) < 4.78 is 0. The second-order valence-electron chi connectivity index (χ2n) is 4.45. The molecule has 17 heavy (non-hydrogen) atoms. The van der Waals surface area contributed by atoms with Gasteiger partial charge in [0.15, 0.2) is 0 Å². The van der Waals surface area contributed by atoms with E-state index < -0.39 is 0 Å². The van der Waals surface area contributed by atoms with E-state index in [1.54, 1.807) is 0 Å². The average molecular weight is 226 g/mol. The lowest BCUT2D eigenvalue weighted by molar-refractivity contribution is 0.168. The summed E-state index contributed by atoms with van der Waals surface area (Å²) >= 11 is 0. The maximum absolute atomic E-state index is 10.0. The lowest BCUT2D eigenvalue weighted by Crippen LogP contribution is -1.99. The molecule has 0 saturated carbocycles. The maximum atomic E-state index is 10.0. The van der Waals surface area contributed by atoms with Crippen molar-refractivity contribution in [3.05, 3.63) is 71.3 Å². The molecule has 0 radical (unpaired) electrons. The third kappa shape index (κ3) is 3.43. The maximum Gasteiger partial charge on any atom is 0.0793 e. The zero-order chi connectivity index (χ0) is 12.1. The van der Waals surface area contributed by atoms with E-state index in [0.29, 0.717) is 0 Å². The summed E-state index contributed by atoms with van der Waals surface area (Å²) in [5.74, 6) is 0. The number of aliphatic hydroxyl groups excluding tert-OH is 1. The summed E-state index contributed by atoms with van der Waals surface area (Å²) in [6.45, 7) is 2.09. The molecule has 0 bridgehead atoms. The Labute approximate surface area is 103 Å². The zero-order valence-electron chi connectivity index (χ0n) is 10.1. The van der Waals surface area contributed by atoms with Gasteiger partial charge in [-0.05, 0) is 30.9 Å². The van der Waals surface area contributed by atoms with Crippen LogP contribution in [0.5, 0.6) is 0 Å². The minimum absolute atomic E-state index is 0.363. The summed E-state index contributed by atoms with van der Waals surface area (Å²) in [6.07, 6.45) is 1.32. The Morgan fingerprint density at radius 1 is 0.941 bits per heavy atom. The Bertz CT molecular complexity index is 445. The van der Waals surface area contributed by atoms with Crippen LogP contribution in [-0.4, -0.2) is 5.11 Å². The topological polar surface area (TPSA) is 20.2 Å². The van der Waals surface area contributed by atoms with Gasteiger partial charge in [0.1, 0.15) is 0 Å². The molecule has 88 valence electrons. The molecule has 1 atom stereocenters. The second-order valence-corrected chi connectivity index (χ2v) is 4.45. The van der Waals surface area contributed by atoms with Crippen LogP contribution in [0.4, 0.5) is 0 Å². The van der Waals surface area contributed by atoms with Gasteiger partial charge in [-0.3, -0.25) is 0 Å². The van der Waals surface area contributed by atoms with Crippen LogP contribution >= 0.6 is 0 Å². The van der Waals surface area contributed by atoms with Crippen molar-refractivity contribution < 1.29 is 5.11 Å². The molecule has 2 aromatic carbocycles. The van der Waals surface area contributed by atoms with Crippen LogP contribution in [0.2, 0.25) is 0 Å². The lowest BCUT2D eigenvalue weighted by atomic mass is 10.0. The molecule has 0 aliphatic heterocycles. The van der Waals surface area contributed by atoms with Crippen LogP contribution in [0.1, 0.15) is 29.2 Å². The molecular weight excluding hydrogens is 208 g/mol. The van der Waals surface area contributed by atoms with Gasteiger partial charge in [0.05, 0.1) is 6.10 Å². The van der Waals surface area contributed by atoms with Crippen molar-refractivity contribution in [3.8, 4) is 0 Å². The molecule has 1 nitrogen and oxygen atoms in total. The van der Waals surface area contributed by atoms with Crippen molar-refractivity contribution in [2.75, 3.05) is 0 Å². The first-order chi connectivity index (χ1) is 8.25. The summed E-state index contributed by atoms with van der Waals surface area (Å²) in [5.41, 5.74) is 3.56. The highest BCUT2D eigenvalue weighted by atomic mass is 16.3. The highest BCUT2D eigenvalue weighted by molar-refractivity contribution is 5.22. The first kappa shape index (κ1) is 11.9. The van der Waals surface area contributed by atoms with E-state index in [9.17, 15) is 5.11 Å². The summed E-state index contributed by atoms with van der Waals surface area (Å²) in [7, 11) is 0. The standard InChI is InChI=1S/C16H18O/c1-13-7-9-14(10-8-13)11-12-16(17)15-5-3-2-4-6-15/h2-10,16-17H,11-12H2,1H3. The smallest absolute Gasteiger partial charge is 0.0793 e. The second kappa shape index (κ2) is 5.65. The van der Waals surface area contributed by atoms with E-state index in [2.05, 4.69) is 31.2 Å². The number of rotatable bonds is 4. The zero-order valence-corrected chi connectivity index (χ0v) is 10.1. The van der Waals surface area contributed by atoms with Crippen molar-refractivity contribution >= 4 is 0 Å². The predicted molar refractivity (Wildman–Crippen MR) is 70.9 cm³/mol. The van der Waals surface area contributed by atoms with Crippen molar-refractivity contribution in [3.63, 3.8) is 0 Å². The van der Waals surface area contributed by atoms with Gasteiger partial charge in [-0.1, -0.05) is 60.2 Å². The van der Waals surface area contributed by atoms with E-state index >= 15 is 0 Å². The number of hydrogen-bond donors (Lipinski definition) is 1. The van der Waals surface area contributed by atoms with E-state index in [0.717, 1.165) is 18.4 Å². The number of aryl methyl sites for hydroxylation is 2. The molecule has 0 aromatic heterocycles. The molecule has 0 aliphatic rings. The third-order valence-electron chi connectivity index (χ3n) is 3.01. The molecule has 1 unspecified atom stereocenters. The molecule has 0 aliphatic carbocycles. The van der Waals surface area contributed by atoms with Gasteiger partial charge in [-0.2, -0.15) is 0 Å². The van der Waals surface area contributed by atoms with Gasteiger partial charge < -0.3 is 5.11 Å². The molecule has 0 amide bonds. The van der Waals surface area contributed by atoms with Crippen LogP contribution in [0, 0.1) is 6.92 Å². The van der Waals surface area contributed by atoms with Gasteiger partial charge >= 0.3 is 0 Å². The highest BCUT2D eigenvalue weighted by Crippen LogP contribution is 2.18. The Balaban J connectivity index is 1.92. The number of hydrogen-bond acceptors (Lipinski definition) is 1. The Morgan fingerprint density at radius 2 is 1.59 bits per heavy atom. The predicted octanol–water partition coefficient (Wildman–Crippen LogP) is 3.66. The van der Waals surface area contributed by atoms with E-state index in [4.69, 9.17) is 0 Å². The summed E-state index contributed by atoms with van der Waals surface area (Å²) in [4.78, 5) is 0. The molecule has 2 rings (SSSR count). The van der Waals surface area contributed by atoms with E-state index in [-0.39, 0.29) is 6.10 Å². The largest absolute Gasteiger partial charge is 0.388 e. The van der Waals surface area contributed by atoms with Gasteiger partial charge in [-0.15, -0.1) is 0 Å². The van der Waals surface area contributed by atoms with Crippen molar-refractivity contribution in [1.82, 2.24) is 0 Å². The lowest BCUT2D eigenvalue weighted by Gasteiger charge is -2.10. The molecule has 0 saturated heterocycles. The molecule has 0 spiro atoms. The van der Waals surface area contributed by atoms with Crippen molar-refractivity contribution in [2.45, 2.75) is 25.9 Å². The molecule has 0 fully saturated rings. The first-order valence-corrected chi connectivity index (χ1v) is 6.04. The van der Waals surface area contributed by atoms with E-state index in [1.165, 1.54) is 11.1 Å². The van der Waals surface area contributed by atoms with Crippen molar-refractivity contribution in [1.29, 1.82) is 0 Å². The van der Waals surface area contributed by atoms with Gasteiger partial charge in [0, 0.05) is 0 Å². The van der Waals surface area contributed by atoms with Crippen LogP contribution in [0.15, 0.2) is 54.6 Å². The monoisotopic (exact) mass is 226 g/mol. The molecule has 1 N–H and O–H groups in total. The molecule has 2 aromatic rings. The number of benzene rings is 2. The minimum Gasteiger partial charge on any atom is -0.388 e. The number of aliphatic hydroxyl groups is 1. The molecule has 0 heterocycles. The van der Waals surface area contributed by atoms with Crippen LogP contribution in [0.3, 0.4) is 0 Å². The average Bonchev–Trinajstić information content (AvgIpc) is 2.39. The minimum atomic E-state index is -0.363. The van der Waals surface area contributed by atoms with Crippen molar-refractivity contribution in [2.24, 2.45) is 0 Å². The van der Waals surface area contributed by atoms with Crippen LogP contribution < -0.4 is 0 Å². The Hall–Kier alpha value is -1.60. The fourth-order valence-corrected chi connectivity index (χ4v) is 1.90. The Kier molecular flexibility index (Phi) is 3.94.